The summed E-state index contributed by atoms with van der Waals surface area (Å²) in [6.07, 6.45) is 1.08. The minimum absolute atomic E-state index is 0.236. The van der Waals surface area contributed by atoms with Crippen molar-refractivity contribution < 1.29 is 0 Å². The van der Waals surface area contributed by atoms with Gasteiger partial charge < -0.3 is 5.73 Å². The zero-order chi connectivity index (χ0) is 10.5. The highest BCUT2D eigenvalue weighted by Gasteiger charge is 2.36. The summed E-state index contributed by atoms with van der Waals surface area (Å²) in [7, 11) is 0. The monoisotopic (exact) mass is 189 g/mol. The Balaban J connectivity index is 2.73. The third kappa shape index (κ3) is 1.19. The molecule has 1 aromatic carbocycles. The van der Waals surface area contributed by atoms with Gasteiger partial charge in [-0.25, -0.2) is 0 Å². The van der Waals surface area contributed by atoms with Gasteiger partial charge >= 0.3 is 0 Å². The van der Waals surface area contributed by atoms with E-state index in [0.29, 0.717) is 0 Å². The third-order valence-corrected chi connectivity index (χ3v) is 3.45. The Bertz CT molecular complexity index is 377. The van der Waals surface area contributed by atoms with Crippen LogP contribution in [-0.2, 0) is 5.41 Å². The van der Waals surface area contributed by atoms with E-state index in [1.807, 2.05) is 0 Å². The molecule has 0 aliphatic heterocycles. The first kappa shape index (κ1) is 9.72. The number of aryl methyl sites for hydroxylation is 2. The summed E-state index contributed by atoms with van der Waals surface area (Å²) in [5.41, 5.74) is 12.1. The van der Waals surface area contributed by atoms with Gasteiger partial charge in [-0.3, -0.25) is 0 Å². The van der Waals surface area contributed by atoms with Gasteiger partial charge in [0.05, 0.1) is 0 Å². The predicted molar refractivity (Wildman–Crippen MR) is 60.5 cm³/mol. The van der Waals surface area contributed by atoms with Crippen molar-refractivity contribution in [3.63, 3.8) is 0 Å². The van der Waals surface area contributed by atoms with Crippen molar-refractivity contribution in [1.82, 2.24) is 0 Å². The van der Waals surface area contributed by atoms with Crippen LogP contribution >= 0.6 is 0 Å². The van der Waals surface area contributed by atoms with Crippen molar-refractivity contribution in [3.05, 3.63) is 34.4 Å². The minimum atomic E-state index is 0.236. The summed E-state index contributed by atoms with van der Waals surface area (Å²) in [5.74, 6) is 0. The van der Waals surface area contributed by atoms with Crippen LogP contribution in [0.15, 0.2) is 12.1 Å². The van der Waals surface area contributed by atoms with Crippen LogP contribution in [0.5, 0.6) is 0 Å². The van der Waals surface area contributed by atoms with Crippen molar-refractivity contribution >= 4 is 0 Å². The van der Waals surface area contributed by atoms with Gasteiger partial charge in [-0.15, -0.1) is 0 Å². The fourth-order valence-corrected chi connectivity index (χ4v) is 2.96. The normalized spacial score (nSPS) is 23.6. The van der Waals surface area contributed by atoms with Gasteiger partial charge in [-0.1, -0.05) is 26.0 Å². The predicted octanol–water partition coefficient (Wildman–Crippen LogP) is 2.98. The van der Waals surface area contributed by atoms with Crippen LogP contribution in [0.2, 0.25) is 0 Å². The maximum absolute atomic E-state index is 6.19. The van der Waals surface area contributed by atoms with E-state index >= 15 is 0 Å². The second-order valence-corrected chi connectivity index (χ2v) is 5.18. The second kappa shape index (κ2) is 2.83. The van der Waals surface area contributed by atoms with Crippen molar-refractivity contribution in [3.8, 4) is 0 Å². The minimum Gasteiger partial charge on any atom is -0.324 e. The lowest BCUT2D eigenvalue weighted by atomic mass is 9.83. The molecule has 76 valence electrons. The van der Waals surface area contributed by atoms with E-state index in [0.717, 1.165) is 6.42 Å². The number of rotatable bonds is 0. The van der Waals surface area contributed by atoms with Crippen LogP contribution in [0.25, 0.3) is 0 Å². The van der Waals surface area contributed by atoms with E-state index in [2.05, 4.69) is 39.8 Å². The molecule has 1 aliphatic rings. The van der Waals surface area contributed by atoms with E-state index < -0.39 is 0 Å². The summed E-state index contributed by atoms with van der Waals surface area (Å²) in [6, 6.07) is 4.64. The largest absolute Gasteiger partial charge is 0.324 e. The molecule has 1 nitrogen and oxygen atoms in total. The van der Waals surface area contributed by atoms with Gasteiger partial charge in [0.1, 0.15) is 0 Å². The van der Waals surface area contributed by atoms with Gasteiger partial charge in [0, 0.05) is 6.04 Å². The second-order valence-electron chi connectivity index (χ2n) is 5.18. The van der Waals surface area contributed by atoms with Crippen LogP contribution < -0.4 is 5.73 Å². The van der Waals surface area contributed by atoms with Crippen molar-refractivity contribution in [2.45, 2.75) is 45.6 Å². The molecule has 0 saturated carbocycles. The van der Waals surface area contributed by atoms with E-state index in [1.165, 1.54) is 22.3 Å². The molecule has 0 bridgehead atoms. The Morgan fingerprint density at radius 3 is 2.36 bits per heavy atom. The number of hydrogen-bond donors (Lipinski definition) is 1. The fraction of sp³-hybridized carbons (Fsp3) is 0.538. The molecule has 0 radical (unpaired) electrons. The Morgan fingerprint density at radius 2 is 1.79 bits per heavy atom. The SMILES string of the molecule is Cc1ccc(C)c2c1[C@H](N)CC2(C)C. The maximum Gasteiger partial charge on any atom is 0.0308 e. The average molecular weight is 189 g/mol. The molecule has 0 saturated heterocycles. The lowest BCUT2D eigenvalue weighted by molar-refractivity contribution is 0.480. The number of hydrogen-bond acceptors (Lipinski definition) is 1. The molecule has 0 fully saturated rings. The third-order valence-electron chi connectivity index (χ3n) is 3.45. The van der Waals surface area contributed by atoms with Crippen LogP contribution in [0.1, 0.15) is 48.6 Å². The molecule has 0 amide bonds. The van der Waals surface area contributed by atoms with E-state index in [4.69, 9.17) is 5.73 Å². The Labute approximate surface area is 86.3 Å². The first-order valence-corrected chi connectivity index (χ1v) is 5.29. The lowest BCUT2D eigenvalue weighted by Gasteiger charge is -2.21. The topological polar surface area (TPSA) is 26.0 Å². The fourth-order valence-electron chi connectivity index (χ4n) is 2.96. The molecule has 0 aromatic heterocycles. The van der Waals surface area contributed by atoms with Crippen molar-refractivity contribution in [2.75, 3.05) is 0 Å². The van der Waals surface area contributed by atoms with Gasteiger partial charge in [0.15, 0.2) is 0 Å². The molecule has 1 heteroatoms. The van der Waals surface area contributed by atoms with Crippen molar-refractivity contribution in [2.24, 2.45) is 5.73 Å². The Hall–Kier alpha value is -0.820. The van der Waals surface area contributed by atoms with Crippen LogP contribution in [0.3, 0.4) is 0 Å². The molecule has 2 rings (SSSR count). The smallest absolute Gasteiger partial charge is 0.0308 e. The Kier molecular flexibility index (Phi) is 1.97. The van der Waals surface area contributed by atoms with Gasteiger partial charge in [0.25, 0.3) is 0 Å². The molecular formula is C13H19N. The molecular weight excluding hydrogens is 170 g/mol. The number of benzene rings is 1. The number of nitrogens with two attached hydrogens (primary N) is 1. The first-order chi connectivity index (χ1) is 6.43. The maximum atomic E-state index is 6.19. The molecule has 0 unspecified atom stereocenters. The van der Waals surface area contributed by atoms with Gasteiger partial charge in [-0.2, -0.15) is 0 Å². The van der Waals surface area contributed by atoms with E-state index in [9.17, 15) is 0 Å². The van der Waals surface area contributed by atoms with E-state index in [1.54, 1.807) is 0 Å². The molecule has 2 N–H and O–H groups in total. The molecule has 1 aliphatic carbocycles. The molecule has 1 atom stereocenters. The average Bonchev–Trinajstić information content (AvgIpc) is 2.30. The summed E-state index contributed by atoms with van der Waals surface area (Å²) in [5, 5.41) is 0. The summed E-state index contributed by atoms with van der Waals surface area (Å²) >= 11 is 0. The first-order valence-electron chi connectivity index (χ1n) is 5.29. The highest BCUT2D eigenvalue weighted by atomic mass is 14.7. The zero-order valence-corrected chi connectivity index (χ0v) is 9.52. The molecule has 0 heterocycles. The highest BCUT2D eigenvalue weighted by molar-refractivity contribution is 5.49. The Morgan fingerprint density at radius 1 is 1.21 bits per heavy atom. The molecule has 1 aromatic rings. The van der Waals surface area contributed by atoms with Gasteiger partial charge in [-0.05, 0) is 47.9 Å². The summed E-state index contributed by atoms with van der Waals surface area (Å²) in [6.45, 7) is 8.95. The van der Waals surface area contributed by atoms with Crippen LogP contribution in [-0.4, -0.2) is 0 Å². The standard InChI is InChI=1S/C13H19N/c1-8-5-6-9(2)12-11(8)10(14)7-13(12,3)4/h5-6,10H,7,14H2,1-4H3/t10-/m1/s1. The van der Waals surface area contributed by atoms with Crippen LogP contribution in [0.4, 0.5) is 0 Å². The van der Waals surface area contributed by atoms with Crippen molar-refractivity contribution in [1.29, 1.82) is 0 Å². The summed E-state index contributed by atoms with van der Waals surface area (Å²) < 4.78 is 0. The summed E-state index contributed by atoms with van der Waals surface area (Å²) in [4.78, 5) is 0. The van der Waals surface area contributed by atoms with Gasteiger partial charge in [0.2, 0.25) is 0 Å². The van der Waals surface area contributed by atoms with Crippen LogP contribution in [0, 0.1) is 13.8 Å². The zero-order valence-electron chi connectivity index (χ0n) is 9.52. The quantitative estimate of drug-likeness (QED) is 0.667. The van der Waals surface area contributed by atoms with E-state index in [-0.39, 0.29) is 11.5 Å². The molecule has 14 heavy (non-hydrogen) atoms. The molecule has 0 spiro atoms. The highest BCUT2D eigenvalue weighted by Crippen LogP contribution is 2.46. The lowest BCUT2D eigenvalue weighted by Crippen LogP contribution is -2.15. The number of fused-ring (bicyclic) bond motifs is 1.